The van der Waals surface area contributed by atoms with Crippen molar-refractivity contribution in [1.29, 1.82) is 0 Å². The van der Waals surface area contributed by atoms with Crippen LogP contribution >= 0.6 is 39.7 Å². The summed E-state index contributed by atoms with van der Waals surface area (Å²) in [4.78, 5) is 14.0. The number of hydrogen-bond donors (Lipinski definition) is 1. The van der Waals surface area contributed by atoms with Gasteiger partial charge < -0.3 is 10.6 Å². The highest BCUT2D eigenvalue weighted by atomic mass is 79.9. The zero-order valence-electron chi connectivity index (χ0n) is 10.3. The SMILES string of the molecule is CN(Cc1csc(Br)c1)C(=O)C1CCCC1N.Cl. The predicted octanol–water partition coefficient (Wildman–Crippen LogP) is 3.02. The molecule has 0 aliphatic heterocycles. The number of nitrogens with zero attached hydrogens (tertiary/aromatic N) is 1. The van der Waals surface area contributed by atoms with Crippen LogP contribution in [0.25, 0.3) is 0 Å². The van der Waals surface area contributed by atoms with Crippen LogP contribution < -0.4 is 5.73 Å². The largest absolute Gasteiger partial charge is 0.341 e. The zero-order valence-corrected chi connectivity index (χ0v) is 13.5. The second-order valence-corrected chi connectivity index (χ2v) is 6.95. The Morgan fingerprint density at radius 3 is 2.83 bits per heavy atom. The van der Waals surface area contributed by atoms with Gasteiger partial charge in [-0.2, -0.15) is 0 Å². The van der Waals surface area contributed by atoms with E-state index in [1.54, 1.807) is 16.2 Å². The molecule has 2 unspecified atom stereocenters. The number of nitrogens with two attached hydrogens (primary N) is 1. The molecule has 1 aliphatic carbocycles. The molecule has 1 aromatic heterocycles. The van der Waals surface area contributed by atoms with E-state index < -0.39 is 0 Å². The highest BCUT2D eigenvalue weighted by Gasteiger charge is 2.32. The summed E-state index contributed by atoms with van der Waals surface area (Å²) in [6, 6.07) is 2.11. The highest BCUT2D eigenvalue weighted by molar-refractivity contribution is 9.11. The van der Waals surface area contributed by atoms with Gasteiger partial charge in [-0.3, -0.25) is 4.79 Å². The molecule has 0 radical (unpaired) electrons. The summed E-state index contributed by atoms with van der Waals surface area (Å²) in [5.41, 5.74) is 7.13. The molecule has 3 nitrogen and oxygen atoms in total. The maximum Gasteiger partial charge on any atom is 0.227 e. The van der Waals surface area contributed by atoms with Gasteiger partial charge in [0.1, 0.15) is 0 Å². The fraction of sp³-hybridized carbons (Fsp3) is 0.583. The second kappa shape index (κ2) is 6.89. The fourth-order valence-electron chi connectivity index (χ4n) is 2.36. The van der Waals surface area contributed by atoms with E-state index in [0.29, 0.717) is 6.54 Å². The Balaban J connectivity index is 0.00000162. The summed E-state index contributed by atoms with van der Waals surface area (Å²) in [5, 5.41) is 2.07. The van der Waals surface area contributed by atoms with Crippen LogP contribution in [0, 0.1) is 5.92 Å². The average molecular weight is 354 g/mol. The summed E-state index contributed by atoms with van der Waals surface area (Å²) in [6.45, 7) is 0.671. The van der Waals surface area contributed by atoms with E-state index in [-0.39, 0.29) is 30.3 Å². The van der Waals surface area contributed by atoms with Crippen LogP contribution in [0.5, 0.6) is 0 Å². The Morgan fingerprint density at radius 2 is 2.33 bits per heavy atom. The van der Waals surface area contributed by atoms with E-state index in [2.05, 4.69) is 27.4 Å². The van der Waals surface area contributed by atoms with E-state index in [1.165, 1.54) is 5.56 Å². The second-order valence-electron chi connectivity index (χ2n) is 4.65. The number of carbonyl (C=O) groups is 1. The normalized spacial score (nSPS) is 22.6. The van der Waals surface area contributed by atoms with Crippen molar-refractivity contribution in [3.8, 4) is 0 Å². The van der Waals surface area contributed by atoms with Crippen LogP contribution in [0.4, 0.5) is 0 Å². The van der Waals surface area contributed by atoms with Crippen LogP contribution in [0.15, 0.2) is 15.2 Å². The Labute approximate surface area is 126 Å². The van der Waals surface area contributed by atoms with Crippen LogP contribution in [-0.2, 0) is 11.3 Å². The van der Waals surface area contributed by atoms with Crippen molar-refractivity contribution < 1.29 is 4.79 Å². The molecule has 1 aliphatic rings. The Bertz CT molecular complexity index is 413. The number of thiophene rings is 1. The summed E-state index contributed by atoms with van der Waals surface area (Å²) < 4.78 is 1.10. The van der Waals surface area contributed by atoms with Crippen LogP contribution in [0.1, 0.15) is 24.8 Å². The first-order chi connectivity index (χ1) is 8.08. The summed E-state index contributed by atoms with van der Waals surface area (Å²) >= 11 is 5.07. The summed E-state index contributed by atoms with van der Waals surface area (Å²) in [6.07, 6.45) is 3.00. The van der Waals surface area contributed by atoms with E-state index in [1.807, 2.05) is 7.05 Å². The average Bonchev–Trinajstić information content (AvgIpc) is 2.86. The van der Waals surface area contributed by atoms with Gasteiger partial charge in [-0.25, -0.2) is 0 Å². The number of amides is 1. The van der Waals surface area contributed by atoms with Crippen LogP contribution in [0.2, 0.25) is 0 Å². The van der Waals surface area contributed by atoms with Gasteiger partial charge >= 0.3 is 0 Å². The molecule has 1 heterocycles. The van der Waals surface area contributed by atoms with Crippen molar-refractivity contribution in [2.24, 2.45) is 11.7 Å². The first kappa shape index (κ1) is 16.0. The standard InChI is InChI=1S/C12H17BrN2OS.ClH/c1-15(6-8-5-11(13)17-7-8)12(16)9-3-2-4-10(9)14;/h5,7,9-10H,2-4,6,14H2,1H3;1H. The monoisotopic (exact) mass is 352 g/mol. The third-order valence-corrected chi connectivity index (χ3v) is 4.86. The first-order valence-corrected chi connectivity index (χ1v) is 7.48. The Hall–Kier alpha value is -0.100. The lowest BCUT2D eigenvalue weighted by Gasteiger charge is -2.23. The lowest BCUT2D eigenvalue weighted by atomic mass is 10.0. The third-order valence-electron chi connectivity index (χ3n) is 3.30. The molecular weight excluding hydrogens is 336 g/mol. The molecule has 1 saturated carbocycles. The molecule has 1 aromatic rings. The summed E-state index contributed by atoms with van der Waals surface area (Å²) in [5.74, 6) is 0.222. The predicted molar refractivity (Wildman–Crippen MR) is 81.1 cm³/mol. The van der Waals surface area contributed by atoms with Crippen LogP contribution in [0.3, 0.4) is 0 Å². The third kappa shape index (κ3) is 3.70. The van der Waals surface area contributed by atoms with E-state index in [0.717, 1.165) is 23.0 Å². The van der Waals surface area contributed by atoms with Gasteiger partial charge in [0, 0.05) is 19.6 Å². The number of carbonyl (C=O) groups excluding carboxylic acids is 1. The molecule has 0 saturated heterocycles. The van der Waals surface area contributed by atoms with Crippen molar-refractivity contribution in [2.45, 2.75) is 31.8 Å². The number of hydrogen-bond acceptors (Lipinski definition) is 3. The molecular formula is C12H18BrClN2OS. The zero-order chi connectivity index (χ0) is 12.4. The number of rotatable bonds is 3. The van der Waals surface area contributed by atoms with E-state index >= 15 is 0 Å². The van der Waals surface area contributed by atoms with Gasteiger partial charge in [-0.05, 0) is 45.8 Å². The Morgan fingerprint density at radius 1 is 1.61 bits per heavy atom. The van der Waals surface area contributed by atoms with Gasteiger partial charge in [-0.1, -0.05) is 6.42 Å². The Kier molecular flexibility index (Phi) is 6.11. The van der Waals surface area contributed by atoms with Crippen molar-refractivity contribution in [1.82, 2.24) is 4.90 Å². The van der Waals surface area contributed by atoms with Gasteiger partial charge in [0.15, 0.2) is 0 Å². The maximum atomic E-state index is 12.2. The molecule has 2 rings (SSSR count). The minimum absolute atomic E-state index is 0. The molecule has 0 aromatic carbocycles. The molecule has 1 fully saturated rings. The van der Waals surface area contributed by atoms with Gasteiger partial charge in [0.25, 0.3) is 0 Å². The molecule has 18 heavy (non-hydrogen) atoms. The maximum absolute atomic E-state index is 12.2. The lowest BCUT2D eigenvalue weighted by Crippen LogP contribution is -2.39. The van der Waals surface area contributed by atoms with Gasteiger partial charge in [-0.15, -0.1) is 23.7 Å². The minimum Gasteiger partial charge on any atom is -0.341 e. The van der Waals surface area contributed by atoms with Crippen LogP contribution in [-0.4, -0.2) is 23.9 Å². The fourth-order valence-corrected chi connectivity index (χ4v) is 3.56. The quantitative estimate of drug-likeness (QED) is 0.908. The lowest BCUT2D eigenvalue weighted by molar-refractivity contribution is -0.134. The van der Waals surface area contributed by atoms with Crippen molar-refractivity contribution in [2.75, 3.05) is 7.05 Å². The first-order valence-electron chi connectivity index (χ1n) is 5.81. The molecule has 6 heteroatoms. The molecule has 102 valence electrons. The van der Waals surface area contributed by atoms with E-state index in [4.69, 9.17) is 5.73 Å². The molecule has 2 N–H and O–H groups in total. The van der Waals surface area contributed by atoms with Gasteiger partial charge in [0.2, 0.25) is 5.91 Å². The van der Waals surface area contributed by atoms with Gasteiger partial charge in [0.05, 0.1) is 9.70 Å². The smallest absolute Gasteiger partial charge is 0.227 e. The van der Waals surface area contributed by atoms with Crippen molar-refractivity contribution in [3.05, 3.63) is 20.8 Å². The molecule has 1 amide bonds. The molecule has 0 bridgehead atoms. The highest BCUT2D eigenvalue weighted by Crippen LogP contribution is 2.27. The molecule has 0 spiro atoms. The van der Waals surface area contributed by atoms with Crippen molar-refractivity contribution >= 4 is 45.6 Å². The molecule has 2 atom stereocenters. The number of halogens is 2. The summed E-state index contributed by atoms with van der Waals surface area (Å²) in [7, 11) is 1.86. The topological polar surface area (TPSA) is 46.3 Å². The van der Waals surface area contributed by atoms with E-state index in [9.17, 15) is 4.79 Å². The minimum atomic E-state index is 0. The van der Waals surface area contributed by atoms with Crippen molar-refractivity contribution in [3.63, 3.8) is 0 Å².